The first-order valence-corrected chi connectivity index (χ1v) is 4.14. The van der Waals surface area contributed by atoms with Crippen molar-refractivity contribution in [1.82, 2.24) is 9.97 Å². The number of hydrogen-bond acceptors (Lipinski definition) is 5. The van der Waals surface area contributed by atoms with Gasteiger partial charge in [-0.05, 0) is 13.0 Å². The molecule has 13 heavy (non-hydrogen) atoms. The van der Waals surface area contributed by atoms with Gasteiger partial charge >= 0.3 is 0 Å². The molecule has 2 rings (SSSR count). The number of aliphatic hydroxyl groups is 1. The van der Waals surface area contributed by atoms with Crippen LogP contribution < -0.4 is 5.06 Å². The van der Waals surface area contributed by atoms with E-state index in [1.165, 1.54) is 5.06 Å². The molecule has 0 aromatic carbocycles. The highest BCUT2D eigenvalue weighted by molar-refractivity contribution is 5.27. The molecule has 1 atom stereocenters. The first-order chi connectivity index (χ1) is 6.25. The lowest BCUT2D eigenvalue weighted by molar-refractivity contribution is 0.114. The van der Waals surface area contributed by atoms with Crippen LogP contribution in [0.3, 0.4) is 0 Å². The molecule has 1 unspecified atom stereocenters. The van der Waals surface area contributed by atoms with Crippen molar-refractivity contribution in [2.75, 3.05) is 18.2 Å². The molecule has 1 saturated heterocycles. The van der Waals surface area contributed by atoms with E-state index in [1.807, 2.05) is 13.0 Å². The summed E-state index contributed by atoms with van der Waals surface area (Å²) in [6.07, 6.45) is 1.23. The van der Waals surface area contributed by atoms with Gasteiger partial charge in [-0.3, -0.25) is 4.84 Å². The summed E-state index contributed by atoms with van der Waals surface area (Å²) in [6, 6.07) is 1.82. The second-order valence-corrected chi connectivity index (χ2v) is 3.01. The van der Waals surface area contributed by atoms with E-state index in [0.717, 1.165) is 5.69 Å². The van der Waals surface area contributed by atoms with Gasteiger partial charge in [0.2, 0.25) is 5.95 Å². The number of hydroxylamine groups is 1. The van der Waals surface area contributed by atoms with Crippen LogP contribution in [-0.2, 0) is 4.84 Å². The Morgan fingerprint density at radius 2 is 2.54 bits per heavy atom. The maximum Gasteiger partial charge on any atom is 0.250 e. The van der Waals surface area contributed by atoms with E-state index in [0.29, 0.717) is 19.1 Å². The lowest BCUT2D eigenvalue weighted by Crippen LogP contribution is -2.22. The zero-order chi connectivity index (χ0) is 9.26. The molecule has 5 nitrogen and oxygen atoms in total. The number of aromatic nitrogens is 2. The minimum absolute atomic E-state index is 0.317. The summed E-state index contributed by atoms with van der Waals surface area (Å²) in [5.41, 5.74) is 0.884. The highest BCUT2D eigenvalue weighted by Gasteiger charge is 2.23. The first kappa shape index (κ1) is 8.40. The molecule has 0 aliphatic carbocycles. The third kappa shape index (κ3) is 1.76. The van der Waals surface area contributed by atoms with Gasteiger partial charge in [0.25, 0.3) is 0 Å². The molecule has 2 heterocycles. The van der Waals surface area contributed by atoms with Gasteiger partial charge in [-0.1, -0.05) is 0 Å². The Hall–Kier alpha value is -1.20. The van der Waals surface area contributed by atoms with Gasteiger partial charge in [-0.15, -0.1) is 0 Å². The summed E-state index contributed by atoms with van der Waals surface area (Å²) in [5.74, 6) is 0.511. The maximum atomic E-state index is 9.21. The van der Waals surface area contributed by atoms with Crippen LogP contribution in [0.2, 0.25) is 0 Å². The fraction of sp³-hybridized carbons (Fsp3) is 0.500. The van der Waals surface area contributed by atoms with Crippen LogP contribution in [0.1, 0.15) is 5.69 Å². The molecule has 0 radical (unpaired) electrons. The van der Waals surface area contributed by atoms with E-state index in [4.69, 9.17) is 4.84 Å². The van der Waals surface area contributed by atoms with Crippen molar-refractivity contribution in [1.29, 1.82) is 0 Å². The minimum atomic E-state index is -0.441. The molecule has 0 amide bonds. The molecular formula is C8H11N3O2. The lowest BCUT2D eigenvalue weighted by atomic mass is 10.4. The Bertz CT molecular complexity index is 305. The average molecular weight is 181 g/mol. The van der Waals surface area contributed by atoms with Gasteiger partial charge in [-0.2, -0.15) is 0 Å². The molecule has 0 saturated carbocycles. The molecule has 0 bridgehead atoms. The number of nitrogens with zero attached hydrogens (tertiary/aromatic N) is 3. The van der Waals surface area contributed by atoms with Crippen LogP contribution in [0, 0.1) is 6.92 Å². The van der Waals surface area contributed by atoms with Gasteiger partial charge < -0.3 is 5.11 Å². The summed E-state index contributed by atoms with van der Waals surface area (Å²) in [5, 5.41) is 10.7. The van der Waals surface area contributed by atoms with E-state index in [9.17, 15) is 5.11 Å². The molecule has 5 heteroatoms. The third-order valence-corrected chi connectivity index (χ3v) is 1.80. The molecule has 70 valence electrons. The number of hydrogen-bond donors (Lipinski definition) is 1. The predicted molar refractivity (Wildman–Crippen MR) is 46.1 cm³/mol. The zero-order valence-corrected chi connectivity index (χ0v) is 7.34. The van der Waals surface area contributed by atoms with Crippen molar-refractivity contribution in [3.8, 4) is 0 Å². The lowest BCUT2D eigenvalue weighted by Gasteiger charge is -2.12. The number of aryl methyl sites for hydroxylation is 1. The van der Waals surface area contributed by atoms with Crippen LogP contribution in [0.5, 0.6) is 0 Å². The Labute approximate surface area is 75.9 Å². The predicted octanol–water partition coefficient (Wildman–Crippen LogP) is -0.102. The Morgan fingerprint density at radius 3 is 3.15 bits per heavy atom. The molecule has 1 N–H and O–H groups in total. The Morgan fingerprint density at radius 1 is 1.69 bits per heavy atom. The van der Waals surface area contributed by atoms with Crippen molar-refractivity contribution in [3.63, 3.8) is 0 Å². The zero-order valence-electron chi connectivity index (χ0n) is 7.34. The summed E-state index contributed by atoms with van der Waals surface area (Å²) in [6.45, 7) is 2.64. The summed E-state index contributed by atoms with van der Waals surface area (Å²) in [7, 11) is 0. The van der Waals surface area contributed by atoms with Crippen LogP contribution in [0.25, 0.3) is 0 Å². The Kier molecular flexibility index (Phi) is 2.12. The van der Waals surface area contributed by atoms with Crippen molar-refractivity contribution < 1.29 is 9.94 Å². The highest BCUT2D eigenvalue weighted by Crippen LogP contribution is 2.13. The van der Waals surface area contributed by atoms with E-state index >= 15 is 0 Å². The van der Waals surface area contributed by atoms with E-state index in [-0.39, 0.29) is 0 Å². The van der Waals surface area contributed by atoms with Crippen LogP contribution >= 0.6 is 0 Å². The quantitative estimate of drug-likeness (QED) is 0.655. The SMILES string of the molecule is Cc1ccnc(N2CC(O)CO2)n1. The van der Waals surface area contributed by atoms with Crippen molar-refractivity contribution in [2.45, 2.75) is 13.0 Å². The fourth-order valence-electron chi connectivity index (χ4n) is 1.17. The molecular weight excluding hydrogens is 170 g/mol. The molecule has 1 fully saturated rings. The third-order valence-electron chi connectivity index (χ3n) is 1.80. The van der Waals surface area contributed by atoms with E-state index < -0.39 is 6.10 Å². The molecule has 1 aromatic rings. The fourth-order valence-corrected chi connectivity index (χ4v) is 1.17. The topological polar surface area (TPSA) is 58.5 Å². The van der Waals surface area contributed by atoms with Crippen molar-refractivity contribution in [2.24, 2.45) is 0 Å². The monoisotopic (exact) mass is 181 g/mol. The van der Waals surface area contributed by atoms with Crippen molar-refractivity contribution in [3.05, 3.63) is 18.0 Å². The molecule has 1 aromatic heterocycles. The van der Waals surface area contributed by atoms with Crippen LogP contribution in [-0.4, -0.2) is 34.3 Å². The second-order valence-electron chi connectivity index (χ2n) is 3.01. The minimum Gasteiger partial charge on any atom is -0.389 e. The van der Waals surface area contributed by atoms with Gasteiger partial charge in [0.1, 0.15) is 12.7 Å². The smallest absolute Gasteiger partial charge is 0.250 e. The summed E-state index contributed by atoms with van der Waals surface area (Å²) in [4.78, 5) is 13.4. The van der Waals surface area contributed by atoms with Gasteiger partial charge in [-0.25, -0.2) is 15.0 Å². The van der Waals surface area contributed by atoms with Gasteiger partial charge in [0, 0.05) is 11.9 Å². The number of β-amino-alcohol motifs (C(OH)–C–C–N with tert-alkyl or cyclic N) is 1. The van der Waals surface area contributed by atoms with Gasteiger partial charge in [0.05, 0.1) is 6.54 Å². The second kappa shape index (κ2) is 3.27. The van der Waals surface area contributed by atoms with E-state index in [1.54, 1.807) is 6.20 Å². The van der Waals surface area contributed by atoms with Crippen LogP contribution in [0.15, 0.2) is 12.3 Å². The summed E-state index contributed by atoms with van der Waals surface area (Å²) >= 11 is 0. The Balaban J connectivity index is 2.16. The first-order valence-electron chi connectivity index (χ1n) is 4.14. The number of anilines is 1. The van der Waals surface area contributed by atoms with Gasteiger partial charge in [0.15, 0.2) is 0 Å². The standard InChI is InChI=1S/C8H11N3O2/c1-6-2-3-9-8(10-6)11-4-7(12)5-13-11/h2-3,7,12H,4-5H2,1H3. The highest BCUT2D eigenvalue weighted by atomic mass is 16.7. The maximum absolute atomic E-state index is 9.21. The number of rotatable bonds is 1. The molecule has 0 spiro atoms. The van der Waals surface area contributed by atoms with Crippen molar-refractivity contribution >= 4 is 5.95 Å². The molecule has 1 aliphatic heterocycles. The molecule has 1 aliphatic rings. The van der Waals surface area contributed by atoms with E-state index in [2.05, 4.69) is 9.97 Å². The average Bonchev–Trinajstić information content (AvgIpc) is 2.52. The number of aliphatic hydroxyl groups excluding tert-OH is 1. The summed E-state index contributed by atoms with van der Waals surface area (Å²) < 4.78 is 0. The van der Waals surface area contributed by atoms with Crippen LogP contribution in [0.4, 0.5) is 5.95 Å². The normalized spacial score (nSPS) is 22.3. The largest absolute Gasteiger partial charge is 0.389 e.